The van der Waals surface area contributed by atoms with E-state index in [4.69, 9.17) is 5.11 Å². The van der Waals surface area contributed by atoms with Crippen molar-refractivity contribution in [2.75, 3.05) is 11.4 Å². The smallest absolute Gasteiger partial charge is 0.411 e. The van der Waals surface area contributed by atoms with Gasteiger partial charge in [-0.05, 0) is 19.1 Å². The summed E-state index contributed by atoms with van der Waals surface area (Å²) >= 11 is 0. The van der Waals surface area contributed by atoms with Gasteiger partial charge < -0.3 is 5.11 Å². The third-order valence-electron chi connectivity index (χ3n) is 1.61. The minimum atomic E-state index is -0.913. The molecule has 90 valence electrons. The lowest BCUT2D eigenvalue weighted by Gasteiger charge is -2.16. The number of nitrogens with zero attached hydrogens (tertiary/aromatic N) is 1. The van der Waals surface area contributed by atoms with Crippen molar-refractivity contribution in [1.82, 2.24) is 0 Å². The van der Waals surface area contributed by atoms with Crippen molar-refractivity contribution >= 4 is 11.8 Å². The van der Waals surface area contributed by atoms with Gasteiger partial charge in [0, 0.05) is 12.2 Å². The lowest BCUT2D eigenvalue weighted by atomic mass is 10.3. The second-order valence-electron chi connectivity index (χ2n) is 2.36. The van der Waals surface area contributed by atoms with E-state index < -0.39 is 6.09 Å². The second-order valence-corrected chi connectivity index (χ2v) is 2.36. The first-order chi connectivity index (χ1) is 7.75. The average Bonchev–Trinajstić information content (AvgIpc) is 2.36. The van der Waals surface area contributed by atoms with Gasteiger partial charge in [-0.15, -0.1) is 13.2 Å². The van der Waals surface area contributed by atoms with Gasteiger partial charge >= 0.3 is 6.09 Å². The van der Waals surface area contributed by atoms with E-state index in [9.17, 15) is 4.79 Å². The number of para-hydroxylation sites is 1. The highest BCUT2D eigenvalue weighted by Gasteiger charge is 2.09. The molecular weight excluding hydrogens is 202 g/mol. The Morgan fingerprint density at radius 2 is 1.69 bits per heavy atom. The van der Waals surface area contributed by atoms with E-state index >= 15 is 0 Å². The van der Waals surface area contributed by atoms with Gasteiger partial charge in [-0.25, -0.2) is 4.79 Å². The summed E-state index contributed by atoms with van der Waals surface area (Å²) in [5, 5.41) is 8.75. The molecule has 16 heavy (non-hydrogen) atoms. The molecule has 0 aliphatic carbocycles. The second kappa shape index (κ2) is 11.3. The molecule has 0 aromatic heterocycles. The standard InChI is InChI=1S/C9H11NO2.C2H6.C2H4/c1-2-10(9(11)12)8-6-4-3-5-7-8;2*1-2/h3-7H,2H2,1H3,(H,11,12);1-2H3;1-2H2. The third kappa shape index (κ3) is 5.86. The highest BCUT2D eigenvalue weighted by molar-refractivity contribution is 5.85. The number of amides is 1. The Kier molecular flexibility index (Phi) is 11.8. The number of hydrogen-bond donors (Lipinski definition) is 1. The minimum absolute atomic E-state index is 0.472. The average molecular weight is 223 g/mol. The number of benzene rings is 1. The summed E-state index contributed by atoms with van der Waals surface area (Å²) in [7, 11) is 0. The molecule has 0 unspecified atom stereocenters. The summed E-state index contributed by atoms with van der Waals surface area (Å²) in [6.07, 6.45) is -0.913. The van der Waals surface area contributed by atoms with Crippen LogP contribution < -0.4 is 4.90 Å². The molecule has 0 aliphatic rings. The lowest BCUT2D eigenvalue weighted by Crippen LogP contribution is -2.28. The highest BCUT2D eigenvalue weighted by Crippen LogP contribution is 2.12. The van der Waals surface area contributed by atoms with Crippen LogP contribution in [0.3, 0.4) is 0 Å². The molecule has 0 fully saturated rings. The van der Waals surface area contributed by atoms with Crippen molar-refractivity contribution in [2.45, 2.75) is 20.8 Å². The normalized spacial score (nSPS) is 7.69. The van der Waals surface area contributed by atoms with Crippen molar-refractivity contribution < 1.29 is 9.90 Å². The van der Waals surface area contributed by atoms with Crippen LogP contribution in [0.4, 0.5) is 10.5 Å². The van der Waals surface area contributed by atoms with Crippen molar-refractivity contribution in [3.63, 3.8) is 0 Å². The summed E-state index contributed by atoms with van der Waals surface area (Å²) in [4.78, 5) is 11.9. The molecule has 1 rings (SSSR count). The largest absolute Gasteiger partial charge is 0.465 e. The molecule has 0 bridgehead atoms. The molecule has 0 spiro atoms. The predicted molar refractivity (Wildman–Crippen MR) is 70.1 cm³/mol. The topological polar surface area (TPSA) is 40.5 Å². The maximum atomic E-state index is 10.7. The summed E-state index contributed by atoms with van der Waals surface area (Å²) in [6, 6.07) is 9.05. The molecule has 0 saturated carbocycles. The highest BCUT2D eigenvalue weighted by atomic mass is 16.4. The Balaban J connectivity index is 0. The maximum Gasteiger partial charge on any atom is 0.411 e. The number of carboxylic acid groups (broad SMARTS) is 1. The summed E-state index contributed by atoms with van der Waals surface area (Å²) in [5.41, 5.74) is 0.715. The monoisotopic (exact) mass is 223 g/mol. The molecule has 0 heterocycles. The molecule has 3 nitrogen and oxygen atoms in total. The zero-order valence-electron chi connectivity index (χ0n) is 10.3. The molecule has 1 N–H and O–H groups in total. The Bertz CT molecular complexity index is 273. The van der Waals surface area contributed by atoms with Crippen LogP contribution in [0.1, 0.15) is 20.8 Å². The number of hydrogen-bond acceptors (Lipinski definition) is 1. The van der Waals surface area contributed by atoms with Crippen LogP contribution in [0.2, 0.25) is 0 Å². The maximum absolute atomic E-state index is 10.7. The molecule has 0 saturated heterocycles. The summed E-state index contributed by atoms with van der Waals surface area (Å²) in [6.45, 7) is 12.3. The molecular formula is C13H21NO2. The van der Waals surface area contributed by atoms with Crippen LogP contribution in [0.5, 0.6) is 0 Å². The van der Waals surface area contributed by atoms with Gasteiger partial charge in [0.25, 0.3) is 0 Å². The summed E-state index contributed by atoms with van der Waals surface area (Å²) < 4.78 is 0. The van der Waals surface area contributed by atoms with Gasteiger partial charge in [-0.2, -0.15) is 0 Å². The Labute approximate surface area is 98.0 Å². The van der Waals surface area contributed by atoms with E-state index in [-0.39, 0.29) is 0 Å². The zero-order valence-corrected chi connectivity index (χ0v) is 10.3. The third-order valence-corrected chi connectivity index (χ3v) is 1.61. The molecule has 1 amide bonds. The van der Waals surface area contributed by atoms with Gasteiger partial charge in [0.1, 0.15) is 0 Å². The SMILES string of the molecule is C=C.CC.CCN(C(=O)O)c1ccccc1. The van der Waals surface area contributed by atoms with E-state index in [0.717, 1.165) is 0 Å². The fourth-order valence-electron chi connectivity index (χ4n) is 1.04. The van der Waals surface area contributed by atoms with E-state index in [0.29, 0.717) is 12.2 Å². The van der Waals surface area contributed by atoms with Gasteiger partial charge in [0.05, 0.1) is 0 Å². The van der Waals surface area contributed by atoms with Crippen LogP contribution in [-0.4, -0.2) is 17.7 Å². The van der Waals surface area contributed by atoms with Crippen molar-refractivity contribution in [3.05, 3.63) is 43.5 Å². The lowest BCUT2D eigenvalue weighted by molar-refractivity contribution is 0.202. The van der Waals surface area contributed by atoms with Crippen LogP contribution in [0.25, 0.3) is 0 Å². The van der Waals surface area contributed by atoms with Crippen LogP contribution in [0, 0.1) is 0 Å². The fraction of sp³-hybridized carbons (Fsp3) is 0.308. The van der Waals surface area contributed by atoms with Gasteiger partial charge in [0.2, 0.25) is 0 Å². The minimum Gasteiger partial charge on any atom is -0.465 e. The first-order valence-electron chi connectivity index (χ1n) is 5.31. The fourth-order valence-corrected chi connectivity index (χ4v) is 1.04. The Hall–Kier alpha value is -1.77. The van der Waals surface area contributed by atoms with Crippen LogP contribution in [0.15, 0.2) is 43.5 Å². The number of carbonyl (C=O) groups is 1. The molecule has 0 aliphatic heterocycles. The Morgan fingerprint density at radius 3 is 2.00 bits per heavy atom. The van der Waals surface area contributed by atoms with Gasteiger partial charge in [0.15, 0.2) is 0 Å². The van der Waals surface area contributed by atoms with Crippen LogP contribution in [-0.2, 0) is 0 Å². The Morgan fingerprint density at radius 1 is 1.25 bits per heavy atom. The molecule has 1 aromatic rings. The molecule has 3 heteroatoms. The zero-order chi connectivity index (χ0) is 13.0. The van der Waals surface area contributed by atoms with Crippen molar-refractivity contribution in [3.8, 4) is 0 Å². The quantitative estimate of drug-likeness (QED) is 0.769. The molecule has 1 aromatic carbocycles. The molecule has 0 atom stereocenters. The predicted octanol–water partition coefficient (Wildman–Crippen LogP) is 4.02. The van der Waals surface area contributed by atoms with Gasteiger partial charge in [-0.3, -0.25) is 4.90 Å². The van der Waals surface area contributed by atoms with E-state index in [1.807, 2.05) is 32.0 Å². The number of anilines is 1. The van der Waals surface area contributed by atoms with E-state index in [1.54, 1.807) is 19.1 Å². The van der Waals surface area contributed by atoms with E-state index in [2.05, 4.69) is 13.2 Å². The first kappa shape index (κ1) is 16.7. The van der Waals surface area contributed by atoms with Gasteiger partial charge in [-0.1, -0.05) is 32.0 Å². The van der Waals surface area contributed by atoms with E-state index in [1.165, 1.54) is 4.90 Å². The summed E-state index contributed by atoms with van der Waals surface area (Å²) in [5.74, 6) is 0. The molecule has 0 radical (unpaired) electrons. The van der Waals surface area contributed by atoms with Crippen molar-refractivity contribution in [1.29, 1.82) is 0 Å². The first-order valence-corrected chi connectivity index (χ1v) is 5.31. The number of rotatable bonds is 2. The van der Waals surface area contributed by atoms with Crippen molar-refractivity contribution in [2.24, 2.45) is 0 Å². The van der Waals surface area contributed by atoms with Crippen LogP contribution >= 0.6 is 0 Å².